The number of rotatable bonds is 3. The zero-order valence-electron chi connectivity index (χ0n) is 23.0. The Morgan fingerprint density at radius 3 is 2.54 bits per heavy atom. The number of anilines is 2. The van der Waals surface area contributed by atoms with Crippen molar-refractivity contribution >= 4 is 52.2 Å². The minimum Gasteiger partial charge on any atom is -0.756 e. The van der Waals surface area contributed by atoms with E-state index < -0.39 is 92.4 Å². The number of aromatic nitrogens is 8. The van der Waals surface area contributed by atoms with Crippen molar-refractivity contribution in [3.05, 3.63) is 29.3 Å². The van der Waals surface area contributed by atoms with Crippen LogP contribution in [0.5, 0.6) is 0 Å². The molecule has 25 heteroatoms. The number of nitrogens with zero attached hydrogens (tertiary/aromatic N) is 7. The summed E-state index contributed by atoms with van der Waals surface area (Å²) in [6.45, 7) is -2.47. The van der Waals surface area contributed by atoms with E-state index in [-0.39, 0.29) is 34.1 Å². The molecule has 9 atom stereocenters. The van der Waals surface area contributed by atoms with E-state index in [1.807, 2.05) is 0 Å². The van der Waals surface area contributed by atoms with Crippen LogP contribution in [0.25, 0.3) is 22.3 Å². The normalized spacial score (nSPS) is 35.0. The van der Waals surface area contributed by atoms with Gasteiger partial charge in [-0.15, -0.1) is 0 Å². The molecule has 22 nitrogen and oxygen atoms in total. The van der Waals surface area contributed by atoms with Crippen molar-refractivity contribution in [2.45, 2.75) is 43.0 Å². The number of halogens is 1. The maximum Gasteiger partial charge on any atom is 0.336 e. The zero-order valence-corrected chi connectivity index (χ0v) is 24.7. The molecule has 7 N–H and O–H groups in total. The Morgan fingerprint density at radius 2 is 1.78 bits per heavy atom. The third-order valence-corrected chi connectivity index (χ3v) is 9.71. The molecule has 3 saturated heterocycles. The van der Waals surface area contributed by atoms with Crippen molar-refractivity contribution in [2.24, 2.45) is 5.92 Å². The number of hydrogen-bond acceptors (Lipinski definition) is 18. The summed E-state index contributed by atoms with van der Waals surface area (Å²) in [5.41, 5.74) is 10.7. The summed E-state index contributed by atoms with van der Waals surface area (Å²) in [6, 6.07) is -1.37. The van der Waals surface area contributed by atoms with Gasteiger partial charge in [0.25, 0.3) is 13.4 Å². The van der Waals surface area contributed by atoms with Gasteiger partial charge in [-0.3, -0.25) is 27.7 Å². The molecular formula is C21H24FN11O11PS-. The molecule has 3 fully saturated rings. The summed E-state index contributed by atoms with van der Waals surface area (Å²) >= 11 is 0. The molecule has 3 aliphatic heterocycles. The van der Waals surface area contributed by atoms with E-state index in [4.69, 9.17) is 34.2 Å². The van der Waals surface area contributed by atoms with E-state index in [2.05, 4.69) is 34.6 Å². The summed E-state index contributed by atoms with van der Waals surface area (Å²) in [5.74, 6) is -1.45. The maximum absolute atomic E-state index is 15.9. The van der Waals surface area contributed by atoms with Gasteiger partial charge in [0.2, 0.25) is 5.95 Å². The molecule has 0 saturated carbocycles. The third-order valence-electron chi connectivity index (χ3n) is 7.74. The highest BCUT2D eigenvalue weighted by atomic mass is 32.2. The van der Waals surface area contributed by atoms with Gasteiger partial charge < -0.3 is 40.0 Å². The predicted molar refractivity (Wildman–Crippen MR) is 146 cm³/mol. The molecule has 46 heavy (non-hydrogen) atoms. The van der Waals surface area contributed by atoms with Crippen molar-refractivity contribution in [2.75, 3.05) is 31.3 Å². The Balaban J connectivity index is 1.22. The Kier molecular flexibility index (Phi) is 7.54. The lowest BCUT2D eigenvalue weighted by atomic mass is 9.98. The summed E-state index contributed by atoms with van der Waals surface area (Å²) in [5, 5.41) is 10.2. The lowest BCUT2D eigenvalue weighted by Crippen LogP contribution is -2.46. The van der Waals surface area contributed by atoms with Gasteiger partial charge in [0, 0.05) is 5.92 Å². The number of nitrogens with two attached hydrogens (primary N) is 2. The molecular weight excluding hydrogens is 664 g/mol. The quantitative estimate of drug-likeness (QED) is 0.134. The van der Waals surface area contributed by atoms with Gasteiger partial charge in [-0.05, 0) is 0 Å². The van der Waals surface area contributed by atoms with Gasteiger partial charge in [0.15, 0.2) is 41.3 Å². The lowest BCUT2D eigenvalue weighted by Gasteiger charge is -2.30. The molecule has 9 unspecified atom stereocenters. The molecule has 2 bridgehead atoms. The first-order valence-corrected chi connectivity index (χ1v) is 16.2. The van der Waals surface area contributed by atoms with E-state index >= 15 is 4.39 Å². The van der Waals surface area contributed by atoms with Crippen LogP contribution in [0.3, 0.4) is 0 Å². The van der Waals surface area contributed by atoms with E-state index in [0.717, 1.165) is 23.5 Å². The number of phosphoric ester groups is 1. The molecule has 0 aromatic carbocycles. The minimum absolute atomic E-state index is 0.0139. The second kappa shape index (κ2) is 11.2. The number of aliphatic hydroxyl groups excluding tert-OH is 1. The first-order chi connectivity index (χ1) is 21.9. The fourth-order valence-corrected chi connectivity index (χ4v) is 7.60. The van der Waals surface area contributed by atoms with Crippen LogP contribution < -0.4 is 26.6 Å². The minimum atomic E-state index is -5.37. The number of aliphatic hydroxyl groups is 1. The highest BCUT2D eigenvalue weighted by molar-refractivity contribution is 7.84. The summed E-state index contributed by atoms with van der Waals surface area (Å²) in [7, 11) is -10.2. The summed E-state index contributed by atoms with van der Waals surface area (Å²) in [6.07, 6.45) is -6.76. The van der Waals surface area contributed by atoms with Gasteiger partial charge in [0.1, 0.15) is 24.1 Å². The number of imidazole rings is 2. The Bertz CT molecular complexity index is 2030. The molecule has 0 spiro atoms. The number of phosphoric acid groups is 1. The maximum atomic E-state index is 15.9. The molecule has 7 heterocycles. The van der Waals surface area contributed by atoms with Gasteiger partial charge in [-0.25, -0.2) is 24.3 Å². The topological polar surface area (TPSA) is 312 Å². The second-order valence-electron chi connectivity index (χ2n) is 10.5. The zero-order chi connectivity index (χ0) is 32.5. The number of hydrogen-bond donors (Lipinski definition) is 5. The van der Waals surface area contributed by atoms with Crippen LogP contribution in [-0.4, -0.2) is 103 Å². The molecule has 0 aliphatic carbocycles. The number of H-pyrrole nitrogens is 1. The lowest BCUT2D eigenvalue weighted by molar-refractivity contribution is -0.235. The van der Waals surface area contributed by atoms with Crippen LogP contribution in [0.2, 0.25) is 0 Å². The smallest absolute Gasteiger partial charge is 0.336 e. The number of ether oxygens (including phenoxy) is 2. The van der Waals surface area contributed by atoms with Gasteiger partial charge in [-0.2, -0.15) is 18.1 Å². The van der Waals surface area contributed by atoms with Gasteiger partial charge in [-0.1, -0.05) is 0 Å². The van der Waals surface area contributed by atoms with Gasteiger partial charge >= 0.3 is 10.3 Å². The molecule has 3 aliphatic rings. The molecule has 0 radical (unpaired) electrons. The molecule has 248 valence electrons. The molecule has 0 amide bonds. The largest absolute Gasteiger partial charge is 0.756 e. The Labute approximate surface area is 255 Å². The van der Waals surface area contributed by atoms with Gasteiger partial charge in [0.05, 0.1) is 44.6 Å². The van der Waals surface area contributed by atoms with Crippen molar-refractivity contribution in [3.63, 3.8) is 0 Å². The van der Waals surface area contributed by atoms with Crippen LogP contribution in [-0.2, 0) is 37.6 Å². The van der Waals surface area contributed by atoms with Crippen LogP contribution in [0, 0.1) is 5.92 Å². The number of nitrogen functional groups attached to an aromatic ring is 2. The SMILES string of the molecule is Nc1nc2c(ncn2C2OC3COP(=O)([O-])OC4C(COS(=O)(=O)NC2C3CO)OC(n2cnc3c(N)ncnc32)C4F)c(=O)[nH]1. The number of nitrogens with one attached hydrogen (secondary N) is 2. The van der Waals surface area contributed by atoms with E-state index in [9.17, 15) is 27.8 Å². The van der Waals surface area contributed by atoms with Crippen LogP contribution in [0.15, 0.2) is 23.8 Å². The standard InChI is InChI=1S/C21H25FN11O11PS/c22-10-14-9(43-19(10)32-5-27-12-15(23)25-4-26-16(12)32)3-41-46(38,39)31-11-7(1-34)8(2-40-45(36,37)44-14)42-20(11)33-6-28-13-17(33)29-21(24)30-18(13)35/h4-11,14,19-20,31,34H,1-3H2,(H,36,37)(H2,23,25,26)(H3,24,29,30,35)/p-1. The van der Waals surface area contributed by atoms with Crippen LogP contribution in [0.1, 0.15) is 12.5 Å². The highest BCUT2D eigenvalue weighted by Crippen LogP contribution is 2.48. The van der Waals surface area contributed by atoms with E-state index in [0.29, 0.717) is 0 Å². The fourth-order valence-electron chi connectivity index (χ4n) is 5.65. The summed E-state index contributed by atoms with van der Waals surface area (Å²) < 4.78 is 86.9. The molecule has 7 rings (SSSR count). The van der Waals surface area contributed by atoms with Crippen molar-refractivity contribution in [1.82, 2.24) is 43.8 Å². The Morgan fingerprint density at radius 1 is 1.07 bits per heavy atom. The number of aromatic amines is 1. The van der Waals surface area contributed by atoms with Crippen molar-refractivity contribution in [3.8, 4) is 0 Å². The third kappa shape index (κ3) is 5.30. The molecule has 4 aromatic heterocycles. The average molecular weight is 689 g/mol. The van der Waals surface area contributed by atoms with Crippen molar-refractivity contribution in [1.29, 1.82) is 0 Å². The first kappa shape index (κ1) is 30.9. The second-order valence-corrected chi connectivity index (χ2v) is 13.2. The Hall–Kier alpha value is -3.71. The number of fused-ring (bicyclic) bond motifs is 5. The average Bonchev–Trinajstić information content (AvgIpc) is 3.75. The van der Waals surface area contributed by atoms with Crippen molar-refractivity contribution < 1.29 is 50.1 Å². The fraction of sp³-hybridized carbons (Fsp3) is 0.524. The predicted octanol–water partition coefficient (Wildman–Crippen LogP) is -3.03. The monoisotopic (exact) mass is 688 g/mol. The van der Waals surface area contributed by atoms with Crippen LogP contribution in [0.4, 0.5) is 16.2 Å². The number of alkyl halides is 1. The molecule has 4 aromatic rings. The van der Waals surface area contributed by atoms with Crippen LogP contribution >= 0.6 is 7.82 Å². The van der Waals surface area contributed by atoms with E-state index in [1.165, 1.54) is 4.57 Å². The summed E-state index contributed by atoms with van der Waals surface area (Å²) in [4.78, 5) is 47.5. The first-order valence-electron chi connectivity index (χ1n) is 13.4. The highest BCUT2D eigenvalue weighted by Gasteiger charge is 2.52. The van der Waals surface area contributed by atoms with E-state index in [1.54, 1.807) is 0 Å².